The fraction of sp³-hybridized carbons (Fsp3) is 0.565. The van der Waals surface area contributed by atoms with Crippen molar-refractivity contribution in [2.45, 2.75) is 59.5 Å². The van der Waals surface area contributed by atoms with Crippen LogP contribution in [0.3, 0.4) is 0 Å². The largest absolute Gasteiger partial charge is 0.443 e. The summed E-state index contributed by atoms with van der Waals surface area (Å²) in [4.78, 5) is 27.6. The van der Waals surface area contributed by atoms with E-state index in [9.17, 15) is 9.59 Å². The van der Waals surface area contributed by atoms with Crippen LogP contribution in [0.2, 0.25) is 0 Å². The number of hydrogen-bond donors (Lipinski definition) is 1. The van der Waals surface area contributed by atoms with E-state index in [-0.39, 0.29) is 17.8 Å². The Bertz CT molecular complexity index is 873. The van der Waals surface area contributed by atoms with Gasteiger partial charge in [0.25, 0.3) is 0 Å². The maximum Gasteiger partial charge on any atom is 0.418 e. The quantitative estimate of drug-likeness (QED) is 0.572. The van der Waals surface area contributed by atoms with E-state index in [4.69, 9.17) is 9.15 Å². The lowest BCUT2D eigenvalue weighted by molar-refractivity contribution is -0.114. The van der Waals surface area contributed by atoms with Gasteiger partial charge in [-0.3, -0.25) is 4.79 Å². The predicted octanol–water partition coefficient (Wildman–Crippen LogP) is 4.56. The van der Waals surface area contributed by atoms with Crippen molar-refractivity contribution in [1.29, 1.82) is 0 Å². The topological polar surface area (TPSA) is 101 Å². The zero-order valence-electron chi connectivity index (χ0n) is 20.0. The van der Waals surface area contributed by atoms with Crippen LogP contribution in [0.15, 0.2) is 28.7 Å². The number of benzene rings is 1. The second-order valence-corrected chi connectivity index (χ2v) is 8.79. The summed E-state index contributed by atoms with van der Waals surface area (Å²) in [6.45, 7) is 11.3. The van der Waals surface area contributed by atoms with Crippen LogP contribution in [-0.4, -0.2) is 59.4 Å². The predicted molar refractivity (Wildman–Crippen MR) is 125 cm³/mol. The maximum atomic E-state index is 12.8. The van der Waals surface area contributed by atoms with Crippen LogP contribution >= 0.6 is 0 Å². The zero-order valence-corrected chi connectivity index (χ0v) is 20.0. The van der Waals surface area contributed by atoms with E-state index in [1.807, 2.05) is 20.8 Å². The number of amides is 2. The first kappa shape index (κ1) is 25.3. The molecule has 0 fully saturated rings. The van der Waals surface area contributed by atoms with Crippen molar-refractivity contribution in [3.05, 3.63) is 24.3 Å². The summed E-state index contributed by atoms with van der Waals surface area (Å²) in [6.07, 6.45) is 2.50. The minimum atomic E-state index is -0.643. The standard InChI is InChI=1S/C23H35N5O4/c1-7-8-14-27(6)15-9-16-28(22(30)32-23(3,4)5)21-26-25-20(31-21)18-10-12-19(13-11-18)24-17(2)29/h10-13H,7-9,14-16H2,1-6H3,(H,24,29). The third-order valence-electron chi connectivity index (χ3n) is 4.53. The van der Waals surface area contributed by atoms with Crippen LogP contribution in [-0.2, 0) is 9.53 Å². The van der Waals surface area contributed by atoms with Crippen LogP contribution < -0.4 is 10.2 Å². The summed E-state index contributed by atoms with van der Waals surface area (Å²) >= 11 is 0. The van der Waals surface area contributed by atoms with E-state index in [0.717, 1.165) is 32.4 Å². The molecule has 1 N–H and O–H groups in total. The summed E-state index contributed by atoms with van der Waals surface area (Å²) < 4.78 is 11.4. The molecule has 32 heavy (non-hydrogen) atoms. The normalized spacial score (nSPS) is 11.5. The second kappa shape index (κ2) is 11.6. The van der Waals surface area contributed by atoms with Gasteiger partial charge < -0.3 is 19.4 Å². The Hall–Kier alpha value is -2.94. The van der Waals surface area contributed by atoms with Gasteiger partial charge in [-0.15, -0.1) is 5.10 Å². The number of hydrogen-bond acceptors (Lipinski definition) is 7. The molecule has 0 bridgehead atoms. The van der Waals surface area contributed by atoms with E-state index in [2.05, 4.69) is 34.4 Å². The van der Waals surface area contributed by atoms with Crippen molar-refractivity contribution in [1.82, 2.24) is 15.1 Å². The third-order valence-corrected chi connectivity index (χ3v) is 4.53. The van der Waals surface area contributed by atoms with Crippen molar-refractivity contribution >= 4 is 23.7 Å². The molecule has 9 heteroatoms. The molecular formula is C23H35N5O4. The number of carbonyl (C=O) groups excluding carboxylic acids is 2. The SMILES string of the molecule is CCCCN(C)CCCN(C(=O)OC(C)(C)C)c1nnc(-c2ccc(NC(C)=O)cc2)o1. The van der Waals surface area contributed by atoms with Crippen LogP contribution in [0.5, 0.6) is 0 Å². The van der Waals surface area contributed by atoms with Gasteiger partial charge in [0.2, 0.25) is 11.8 Å². The van der Waals surface area contributed by atoms with Gasteiger partial charge in [-0.2, -0.15) is 0 Å². The number of carbonyl (C=O) groups is 2. The van der Waals surface area contributed by atoms with Gasteiger partial charge in [0.05, 0.1) is 0 Å². The van der Waals surface area contributed by atoms with Gasteiger partial charge in [-0.05, 0) is 78.0 Å². The van der Waals surface area contributed by atoms with Crippen molar-refractivity contribution in [3.8, 4) is 11.5 Å². The molecule has 0 spiro atoms. The summed E-state index contributed by atoms with van der Waals surface area (Å²) in [5.41, 5.74) is 0.709. The lowest BCUT2D eigenvalue weighted by atomic mass is 10.2. The molecule has 0 radical (unpaired) electrons. The van der Waals surface area contributed by atoms with Gasteiger partial charge in [0.15, 0.2) is 0 Å². The molecule has 0 unspecified atom stereocenters. The first-order valence-electron chi connectivity index (χ1n) is 11.0. The molecule has 1 aromatic heterocycles. The summed E-state index contributed by atoms with van der Waals surface area (Å²) in [5.74, 6) is 0.133. The molecule has 9 nitrogen and oxygen atoms in total. The highest BCUT2D eigenvalue weighted by Gasteiger charge is 2.27. The van der Waals surface area contributed by atoms with E-state index >= 15 is 0 Å². The zero-order chi connectivity index (χ0) is 23.7. The first-order chi connectivity index (χ1) is 15.1. The Morgan fingerprint density at radius 3 is 2.31 bits per heavy atom. The number of ether oxygens (including phenoxy) is 1. The van der Waals surface area contributed by atoms with E-state index in [1.54, 1.807) is 24.3 Å². The minimum Gasteiger partial charge on any atom is -0.443 e. The lowest BCUT2D eigenvalue weighted by Gasteiger charge is -2.25. The average molecular weight is 446 g/mol. The Balaban J connectivity index is 2.13. The highest BCUT2D eigenvalue weighted by atomic mass is 16.6. The smallest absolute Gasteiger partial charge is 0.418 e. The molecule has 0 saturated carbocycles. The number of nitrogens with one attached hydrogen (secondary N) is 1. The van der Waals surface area contributed by atoms with E-state index < -0.39 is 11.7 Å². The number of nitrogens with zero attached hydrogens (tertiary/aromatic N) is 4. The first-order valence-corrected chi connectivity index (χ1v) is 11.0. The summed E-state index contributed by atoms with van der Waals surface area (Å²) in [7, 11) is 2.07. The van der Waals surface area contributed by atoms with Crippen LogP contribution in [0.25, 0.3) is 11.5 Å². The summed E-state index contributed by atoms with van der Waals surface area (Å²) in [5, 5.41) is 10.9. The number of anilines is 2. The Kier molecular flexibility index (Phi) is 9.19. The Morgan fingerprint density at radius 2 is 1.72 bits per heavy atom. The molecular weight excluding hydrogens is 410 g/mol. The van der Waals surface area contributed by atoms with Gasteiger partial charge in [-0.1, -0.05) is 18.4 Å². The van der Waals surface area contributed by atoms with Crippen molar-refractivity contribution in [2.75, 3.05) is 36.9 Å². The van der Waals surface area contributed by atoms with Crippen molar-refractivity contribution < 1.29 is 18.7 Å². The van der Waals surface area contributed by atoms with Crippen molar-refractivity contribution in [2.24, 2.45) is 0 Å². The third kappa shape index (κ3) is 8.30. The second-order valence-electron chi connectivity index (χ2n) is 8.79. The number of rotatable bonds is 10. The molecule has 176 valence electrons. The fourth-order valence-corrected chi connectivity index (χ4v) is 2.96. The molecule has 0 aliphatic carbocycles. The highest BCUT2D eigenvalue weighted by Crippen LogP contribution is 2.25. The summed E-state index contributed by atoms with van der Waals surface area (Å²) in [6, 6.07) is 7.12. The minimum absolute atomic E-state index is 0.0939. The fourth-order valence-electron chi connectivity index (χ4n) is 2.96. The van der Waals surface area contributed by atoms with Gasteiger partial charge >= 0.3 is 12.1 Å². The monoisotopic (exact) mass is 445 g/mol. The van der Waals surface area contributed by atoms with Gasteiger partial charge in [-0.25, -0.2) is 9.69 Å². The molecule has 0 atom stereocenters. The Labute approximate surface area is 190 Å². The number of unbranched alkanes of at least 4 members (excludes halogenated alkanes) is 1. The molecule has 0 saturated heterocycles. The molecule has 1 heterocycles. The highest BCUT2D eigenvalue weighted by molar-refractivity contribution is 5.89. The van der Waals surface area contributed by atoms with Crippen LogP contribution in [0.1, 0.15) is 53.9 Å². The van der Waals surface area contributed by atoms with E-state index in [0.29, 0.717) is 17.8 Å². The van der Waals surface area contributed by atoms with Gasteiger partial charge in [0, 0.05) is 24.7 Å². The molecule has 2 amide bonds. The van der Waals surface area contributed by atoms with Gasteiger partial charge in [0.1, 0.15) is 5.60 Å². The Morgan fingerprint density at radius 1 is 1.06 bits per heavy atom. The molecule has 1 aromatic carbocycles. The van der Waals surface area contributed by atoms with Crippen LogP contribution in [0.4, 0.5) is 16.5 Å². The lowest BCUT2D eigenvalue weighted by Crippen LogP contribution is -2.38. The molecule has 2 aromatic rings. The van der Waals surface area contributed by atoms with E-state index in [1.165, 1.54) is 11.8 Å². The van der Waals surface area contributed by atoms with Crippen molar-refractivity contribution in [3.63, 3.8) is 0 Å². The molecule has 2 rings (SSSR count). The number of aromatic nitrogens is 2. The maximum absolute atomic E-state index is 12.8. The average Bonchev–Trinajstić information content (AvgIpc) is 3.18. The molecule has 0 aliphatic rings. The molecule has 0 aliphatic heterocycles. The van der Waals surface area contributed by atoms with Crippen LogP contribution in [0, 0.1) is 0 Å².